The van der Waals surface area contributed by atoms with Gasteiger partial charge in [0.15, 0.2) is 0 Å². The molecule has 27 heavy (non-hydrogen) atoms. The number of alkyl halides is 2. The average molecular weight is 421 g/mol. The highest BCUT2D eigenvalue weighted by Crippen LogP contribution is 2.43. The third kappa shape index (κ3) is 4.55. The van der Waals surface area contributed by atoms with E-state index in [-0.39, 0.29) is 32.7 Å². The normalized spacial score (nSPS) is 10.6. The summed E-state index contributed by atoms with van der Waals surface area (Å²) < 4.78 is 35.7. The molecule has 7 nitrogen and oxygen atoms in total. The molecule has 0 fully saturated rings. The Labute approximate surface area is 161 Å². The third-order valence-electron chi connectivity index (χ3n) is 3.26. The predicted molar refractivity (Wildman–Crippen MR) is 94.2 cm³/mol. The van der Waals surface area contributed by atoms with Crippen LogP contribution in [0.2, 0.25) is 10.0 Å². The van der Waals surface area contributed by atoms with Gasteiger partial charge in [0.25, 0.3) is 6.43 Å². The fraction of sp³-hybridized carbons (Fsp3) is 0.188. The number of carboxylic acid groups (broad SMARTS) is 1. The summed E-state index contributed by atoms with van der Waals surface area (Å²) in [6, 6.07) is 3.64. The minimum absolute atomic E-state index is 0.00149. The van der Waals surface area contributed by atoms with Gasteiger partial charge >= 0.3 is 6.16 Å². The Morgan fingerprint density at radius 2 is 1.93 bits per heavy atom. The van der Waals surface area contributed by atoms with Gasteiger partial charge in [-0.1, -0.05) is 29.3 Å². The second-order valence-electron chi connectivity index (χ2n) is 5.07. The molecule has 0 atom stereocenters. The first kappa shape index (κ1) is 20.7. The van der Waals surface area contributed by atoms with Crippen LogP contribution in [-0.4, -0.2) is 29.3 Å². The molecule has 0 radical (unpaired) electrons. The third-order valence-corrected chi connectivity index (χ3v) is 4.01. The van der Waals surface area contributed by atoms with Crippen LogP contribution in [0.4, 0.5) is 19.3 Å². The van der Waals surface area contributed by atoms with Crippen LogP contribution in [0.5, 0.6) is 11.6 Å². The first-order chi connectivity index (χ1) is 12.6. The fourth-order valence-electron chi connectivity index (χ4n) is 2.22. The number of benzene rings is 1. The van der Waals surface area contributed by atoms with E-state index in [0.29, 0.717) is 0 Å². The van der Waals surface area contributed by atoms with Crippen LogP contribution in [0.25, 0.3) is 11.3 Å². The van der Waals surface area contributed by atoms with Gasteiger partial charge in [-0.3, -0.25) is 4.79 Å². The molecular weight excluding hydrogens is 409 g/mol. The lowest BCUT2D eigenvalue weighted by molar-refractivity contribution is -0.114. The van der Waals surface area contributed by atoms with E-state index in [4.69, 9.17) is 33.0 Å². The van der Waals surface area contributed by atoms with Gasteiger partial charge < -0.3 is 19.9 Å². The summed E-state index contributed by atoms with van der Waals surface area (Å²) in [4.78, 5) is 26.2. The lowest BCUT2D eigenvalue weighted by atomic mass is 10.1. The van der Waals surface area contributed by atoms with Crippen LogP contribution in [0.3, 0.4) is 0 Å². The summed E-state index contributed by atoms with van der Waals surface area (Å²) >= 11 is 12.2. The SMILES string of the molecule is COc1c(C(F)F)ccc(-c2cc(NC(C)=O)c(Cl)c(OC(=O)O)n2)c1Cl. The number of aromatic nitrogens is 1. The Morgan fingerprint density at radius 1 is 1.26 bits per heavy atom. The van der Waals surface area contributed by atoms with E-state index >= 15 is 0 Å². The van der Waals surface area contributed by atoms with E-state index < -0.39 is 29.9 Å². The highest BCUT2D eigenvalue weighted by atomic mass is 35.5. The first-order valence-corrected chi connectivity index (χ1v) is 7.95. The highest BCUT2D eigenvalue weighted by molar-refractivity contribution is 6.36. The van der Waals surface area contributed by atoms with Gasteiger partial charge in [-0.25, -0.2) is 18.6 Å². The van der Waals surface area contributed by atoms with Gasteiger partial charge in [-0.2, -0.15) is 0 Å². The molecule has 11 heteroatoms. The number of methoxy groups -OCH3 is 1. The van der Waals surface area contributed by atoms with E-state index in [9.17, 15) is 18.4 Å². The number of pyridine rings is 1. The van der Waals surface area contributed by atoms with Crippen LogP contribution in [0.1, 0.15) is 18.9 Å². The minimum Gasteiger partial charge on any atom is -0.495 e. The second-order valence-corrected chi connectivity index (χ2v) is 5.83. The van der Waals surface area contributed by atoms with Gasteiger partial charge in [0.05, 0.1) is 29.1 Å². The van der Waals surface area contributed by atoms with Gasteiger partial charge in [-0.15, -0.1) is 0 Å². The molecule has 0 saturated carbocycles. The van der Waals surface area contributed by atoms with Crippen LogP contribution in [0, 0.1) is 0 Å². The van der Waals surface area contributed by atoms with E-state index in [0.717, 1.165) is 6.07 Å². The lowest BCUT2D eigenvalue weighted by Crippen LogP contribution is -2.10. The largest absolute Gasteiger partial charge is 0.512 e. The summed E-state index contributed by atoms with van der Waals surface area (Å²) in [5.41, 5.74) is -0.275. The second kappa shape index (κ2) is 8.36. The number of hydrogen-bond donors (Lipinski definition) is 2. The molecule has 0 aliphatic rings. The zero-order valence-electron chi connectivity index (χ0n) is 13.8. The zero-order chi connectivity index (χ0) is 20.3. The monoisotopic (exact) mass is 420 g/mol. The van der Waals surface area contributed by atoms with E-state index in [2.05, 4.69) is 15.0 Å². The molecule has 0 bridgehead atoms. The first-order valence-electron chi connectivity index (χ1n) is 7.19. The quantitative estimate of drug-likeness (QED) is 0.659. The maximum atomic E-state index is 13.1. The van der Waals surface area contributed by atoms with Crippen molar-refractivity contribution in [3.8, 4) is 22.9 Å². The molecule has 2 rings (SSSR count). The number of halogens is 4. The number of nitrogens with one attached hydrogen (secondary N) is 1. The molecule has 2 aromatic rings. The Morgan fingerprint density at radius 3 is 2.44 bits per heavy atom. The predicted octanol–water partition coefficient (Wildman–Crippen LogP) is 5.02. The lowest BCUT2D eigenvalue weighted by Gasteiger charge is -2.15. The summed E-state index contributed by atoms with van der Waals surface area (Å²) in [6.45, 7) is 1.21. The van der Waals surface area contributed by atoms with E-state index in [1.54, 1.807) is 0 Å². The van der Waals surface area contributed by atoms with Crippen molar-refractivity contribution >= 4 is 41.0 Å². The zero-order valence-corrected chi connectivity index (χ0v) is 15.4. The number of rotatable bonds is 5. The molecule has 1 amide bonds. The maximum absolute atomic E-state index is 13.1. The molecule has 0 saturated heterocycles. The Bertz CT molecular complexity index is 872. The average Bonchev–Trinajstić information content (AvgIpc) is 2.57. The number of ether oxygens (including phenoxy) is 2. The summed E-state index contributed by atoms with van der Waals surface area (Å²) in [7, 11) is 1.17. The van der Waals surface area contributed by atoms with Crippen LogP contribution in [-0.2, 0) is 4.79 Å². The number of carbonyl (C=O) groups is 2. The topological polar surface area (TPSA) is 97.8 Å². The minimum atomic E-state index is -2.83. The van der Waals surface area contributed by atoms with Crippen molar-refractivity contribution in [1.82, 2.24) is 4.98 Å². The Kier molecular flexibility index (Phi) is 6.40. The van der Waals surface area contributed by atoms with Crippen molar-refractivity contribution in [1.29, 1.82) is 0 Å². The molecule has 0 spiro atoms. The van der Waals surface area contributed by atoms with Crippen molar-refractivity contribution in [3.63, 3.8) is 0 Å². The number of carbonyl (C=O) groups excluding carboxylic acids is 1. The van der Waals surface area contributed by atoms with Crippen molar-refractivity contribution in [2.24, 2.45) is 0 Å². The number of hydrogen-bond acceptors (Lipinski definition) is 5. The van der Waals surface area contributed by atoms with Gasteiger partial charge in [0.1, 0.15) is 10.8 Å². The molecule has 2 N–H and O–H groups in total. The number of amides is 1. The smallest absolute Gasteiger partial charge is 0.495 e. The molecule has 0 aliphatic carbocycles. The molecule has 0 unspecified atom stereocenters. The number of nitrogens with zero attached hydrogens (tertiary/aromatic N) is 1. The van der Waals surface area contributed by atoms with Crippen molar-refractivity contribution < 1.29 is 33.0 Å². The fourth-order valence-corrected chi connectivity index (χ4v) is 2.75. The molecule has 0 aliphatic heterocycles. The molecule has 144 valence electrons. The Balaban J connectivity index is 2.70. The Hall–Kier alpha value is -2.65. The van der Waals surface area contributed by atoms with Crippen LogP contribution in [0.15, 0.2) is 18.2 Å². The standard InChI is InChI=1S/C16H12Cl2F2N2O5/c1-6(23)21-10-5-9(22-15(12(10)18)27-16(24)25)7-3-4-8(14(19)20)13(26-2)11(7)17/h3-5,14H,1-2H3,(H,24,25)(H,21,22,23). The number of anilines is 1. The van der Waals surface area contributed by atoms with Gasteiger partial charge in [0.2, 0.25) is 11.8 Å². The molecule has 1 heterocycles. The van der Waals surface area contributed by atoms with Crippen molar-refractivity contribution in [2.45, 2.75) is 13.3 Å². The van der Waals surface area contributed by atoms with Crippen molar-refractivity contribution in [3.05, 3.63) is 33.8 Å². The van der Waals surface area contributed by atoms with Crippen molar-refractivity contribution in [2.75, 3.05) is 12.4 Å². The van der Waals surface area contributed by atoms with Crippen LogP contribution < -0.4 is 14.8 Å². The maximum Gasteiger partial charge on any atom is 0.512 e. The van der Waals surface area contributed by atoms with E-state index in [1.807, 2.05) is 0 Å². The summed E-state index contributed by atoms with van der Waals surface area (Å²) in [5, 5.41) is 10.8. The summed E-state index contributed by atoms with van der Waals surface area (Å²) in [5.74, 6) is -1.27. The van der Waals surface area contributed by atoms with Gasteiger partial charge in [-0.05, 0) is 12.1 Å². The van der Waals surface area contributed by atoms with E-state index in [1.165, 1.54) is 26.2 Å². The molecule has 1 aromatic heterocycles. The molecular formula is C16H12Cl2F2N2O5. The highest BCUT2D eigenvalue weighted by Gasteiger charge is 2.23. The summed E-state index contributed by atoms with van der Waals surface area (Å²) in [6.07, 6.45) is -4.52. The van der Waals surface area contributed by atoms with Crippen LogP contribution >= 0.6 is 23.2 Å². The molecule has 1 aromatic carbocycles. The van der Waals surface area contributed by atoms with Gasteiger partial charge in [0, 0.05) is 12.5 Å².